The van der Waals surface area contributed by atoms with Crippen molar-refractivity contribution in [2.24, 2.45) is 0 Å². The van der Waals surface area contributed by atoms with Crippen LogP contribution < -0.4 is 5.32 Å². The van der Waals surface area contributed by atoms with E-state index in [0.717, 1.165) is 5.56 Å². The second kappa shape index (κ2) is 5.88. The van der Waals surface area contributed by atoms with Gasteiger partial charge in [0.2, 0.25) is 0 Å². The summed E-state index contributed by atoms with van der Waals surface area (Å²) in [6.45, 7) is 3.81. The quantitative estimate of drug-likeness (QED) is 0.803. The minimum atomic E-state index is -1.15. The van der Waals surface area contributed by atoms with Crippen LogP contribution in [-0.2, 0) is 5.41 Å². The molecule has 0 radical (unpaired) electrons. The van der Waals surface area contributed by atoms with Gasteiger partial charge >= 0.3 is 6.09 Å². The number of rotatable bonds is 4. The Bertz CT molecular complexity index is 612. The molecule has 0 aromatic carbocycles. The zero-order valence-electron chi connectivity index (χ0n) is 11.8. The van der Waals surface area contributed by atoms with Gasteiger partial charge < -0.3 is 10.2 Å². The van der Waals surface area contributed by atoms with Gasteiger partial charge in [-0.3, -0.25) is 15.3 Å². The van der Waals surface area contributed by atoms with E-state index in [1.807, 2.05) is 26.0 Å². The first-order valence-electron chi connectivity index (χ1n) is 6.45. The largest absolute Gasteiger partial charge is 0.465 e. The molecule has 2 rings (SSSR count). The summed E-state index contributed by atoms with van der Waals surface area (Å²) in [4.78, 5) is 18.7. The van der Waals surface area contributed by atoms with Gasteiger partial charge in [0.05, 0.1) is 17.6 Å². The van der Waals surface area contributed by atoms with Gasteiger partial charge in [0, 0.05) is 17.8 Å². The lowest BCUT2D eigenvalue weighted by Gasteiger charge is -2.30. The highest BCUT2D eigenvalue weighted by Gasteiger charge is 2.32. The number of pyridine rings is 2. The number of carboxylic acid groups (broad SMARTS) is 1. The Morgan fingerprint density at radius 2 is 2.05 bits per heavy atom. The van der Waals surface area contributed by atoms with E-state index in [9.17, 15) is 9.90 Å². The molecule has 3 N–H and O–H groups in total. The number of hydrogen-bond acceptors (Lipinski definition) is 4. The first-order valence-corrected chi connectivity index (χ1v) is 6.45. The molecule has 6 nitrogen and oxygen atoms in total. The second-order valence-corrected chi connectivity index (χ2v) is 5.27. The smallest absolute Gasteiger partial charge is 0.409 e. The average molecular weight is 287 g/mol. The van der Waals surface area contributed by atoms with Crippen molar-refractivity contribution in [3.63, 3.8) is 0 Å². The number of aliphatic hydroxyl groups excluding tert-OH is 1. The zero-order valence-corrected chi connectivity index (χ0v) is 11.8. The number of nitrogens with one attached hydrogen (secondary N) is 1. The highest BCUT2D eigenvalue weighted by molar-refractivity contribution is 5.82. The third kappa shape index (κ3) is 3.35. The van der Waals surface area contributed by atoms with E-state index in [-0.39, 0.29) is 0 Å². The van der Waals surface area contributed by atoms with Crippen LogP contribution in [0.25, 0.3) is 0 Å². The van der Waals surface area contributed by atoms with E-state index >= 15 is 0 Å². The third-order valence-corrected chi connectivity index (χ3v) is 3.41. The molecule has 6 heteroatoms. The molecule has 21 heavy (non-hydrogen) atoms. The summed E-state index contributed by atoms with van der Waals surface area (Å²) >= 11 is 0. The molecule has 2 aromatic rings. The van der Waals surface area contributed by atoms with E-state index < -0.39 is 17.6 Å². The van der Waals surface area contributed by atoms with Crippen molar-refractivity contribution in [3.8, 4) is 0 Å². The molecule has 1 unspecified atom stereocenters. The van der Waals surface area contributed by atoms with Crippen LogP contribution in [0.5, 0.6) is 0 Å². The fourth-order valence-corrected chi connectivity index (χ4v) is 2.04. The molecule has 2 aromatic heterocycles. The highest BCUT2D eigenvalue weighted by atomic mass is 16.4. The van der Waals surface area contributed by atoms with Crippen molar-refractivity contribution < 1.29 is 15.0 Å². The maximum Gasteiger partial charge on any atom is 0.409 e. The molecule has 110 valence electrons. The van der Waals surface area contributed by atoms with Crippen LogP contribution >= 0.6 is 0 Å². The summed E-state index contributed by atoms with van der Waals surface area (Å²) in [5.41, 5.74) is 1.16. The molecule has 0 aliphatic carbocycles. The summed E-state index contributed by atoms with van der Waals surface area (Å²) in [6, 6.07) is 6.89. The van der Waals surface area contributed by atoms with Gasteiger partial charge in [-0.2, -0.15) is 0 Å². The van der Waals surface area contributed by atoms with E-state index in [2.05, 4.69) is 15.3 Å². The second-order valence-electron chi connectivity index (χ2n) is 5.27. The molecule has 0 saturated heterocycles. The predicted molar refractivity (Wildman–Crippen MR) is 78.1 cm³/mol. The van der Waals surface area contributed by atoms with Crippen LogP contribution in [0.15, 0.2) is 42.9 Å². The molecule has 0 aliphatic rings. The molecular weight excluding hydrogens is 270 g/mol. The van der Waals surface area contributed by atoms with Crippen LogP contribution in [0, 0.1) is 0 Å². The lowest BCUT2D eigenvalue weighted by Crippen LogP contribution is -2.27. The van der Waals surface area contributed by atoms with E-state index in [1.54, 1.807) is 24.5 Å². The Labute approximate surface area is 122 Å². The molecule has 0 bridgehead atoms. The number of aromatic nitrogens is 2. The average Bonchev–Trinajstić information content (AvgIpc) is 2.47. The first-order chi connectivity index (χ1) is 9.91. The van der Waals surface area contributed by atoms with Gasteiger partial charge in [0.25, 0.3) is 0 Å². The van der Waals surface area contributed by atoms with Crippen molar-refractivity contribution in [3.05, 3.63) is 54.1 Å². The molecule has 0 spiro atoms. The molecule has 0 saturated carbocycles. The van der Waals surface area contributed by atoms with Crippen molar-refractivity contribution >= 4 is 11.8 Å². The van der Waals surface area contributed by atoms with Crippen LogP contribution in [0.4, 0.5) is 10.5 Å². The van der Waals surface area contributed by atoms with E-state index in [0.29, 0.717) is 11.4 Å². The van der Waals surface area contributed by atoms with E-state index in [4.69, 9.17) is 5.11 Å². The van der Waals surface area contributed by atoms with E-state index in [1.165, 1.54) is 6.20 Å². The molecule has 2 heterocycles. The maximum absolute atomic E-state index is 10.5. The Morgan fingerprint density at radius 1 is 1.29 bits per heavy atom. The van der Waals surface area contributed by atoms with Gasteiger partial charge in [-0.15, -0.1) is 0 Å². The predicted octanol–water partition coefficient (Wildman–Crippen LogP) is 2.58. The Hall–Kier alpha value is -2.47. The van der Waals surface area contributed by atoms with Gasteiger partial charge in [0.1, 0.15) is 6.10 Å². The van der Waals surface area contributed by atoms with Crippen LogP contribution in [0.3, 0.4) is 0 Å². The van der Waals surface area contributed by atoms with Gasteiger partial charge in [-0.1, -0.05) is 19.9 Å². The Kier molecular flexibility index (Phi) is 4.18. The molecule has 1 atom stereocenters. The maximum atomic E-state index is 10.5. The highest BCUT2D eigenvalue weighted by Crippen LogP contribution is 2.35. The normalized spacial score (nSPS) is 12.7. The standard InChI is InChI=1S/C15H17N3O3/c1-15(2,10-4-3-7-16-8-10)13(19)12-6-5-11(9-17-12)18-14(20)21/h3-9,13,18-19H,1-2H3,(H,20,21). The minimum Gasteiger partial charge on any atom is -0.465 e. The van der Waals surface area contributed by atoms with Crippen LogP contribution in [0.2, 0.25) is 0 Å². The summed E-state index contributed by atoms with van der Waals surface area (Å²) in [6.07, 6.45) is 2.79. The monoisotopic (exact) mass is 287 g/mol. The number of hydrogen-bond donors (Lipinski definition) is 3. The first kappa shape index (κ1) is 14.9. The fourth-order valence-electron chi connectivity index (χ4n) is 2.04. The topological polar surface area (TPSA) is 95.3 Å². The number of anilines is 1. The van der Waals surface area contributed by atoms with Gasteiger partial charge in [-0.25, -0.2) is 4.79 Å². The van der Waals surface area contributed by atoms with Gasteiger partial charge in [-0.05, 0) is 23.8 Å². The fraction of sp³-hybridized carbons (Fsp3) is 0.267. The summed E-state index contributed by atoms with van der Waals surface area (Å²) in [5.74, 6) is 0. The summed E-state index contributed by atoms with van der Waals surface area (Å²) in [5, 5.41) is 21.4. The van der Waals surface area contributed by atoms with Crippen LogP contribution in [-0.4, -0.2) is 26.3 Å². The van der Waals surface area contributed by atoms with Crippen molar-refractivity contribution in [2.75, 3.05) is 5.32 Å². The van der Waals surface area contributed by atoms with Crippen LogP contribution in [0.1, 0.15) is 31.2 Å². The van der Waals surface area contributed by atoms with Crippen molar-refractivity contribution in [2.45, 2.75) is 25.4 Å². The summed E-state index contributed by atoms with van der Waals surface area (Å²) in [7, 11) is 0. The number of amides is 1. The van der Waals surface area contributed by atoms with Crippen molar-refractivity contribution in [1.82, 2.24) is 9.97 Å². The Balaban J connectivity index is 2.23. The van der Waals surface area contributed by atoms with Crippen molar-refractivity contribution in [1.29, 1.82) is 0 Å². The molecule has 1 amide bonds. The zero-order chi connectivity index (χ0) is 15.5. The number of aliphatic hydroxyl groups is 1. The SMILES string of the molecule is CC(C)(c1cccnc1)C(O)c1ccc(NC(=O)O)cn1. The third-order valence-electron chi connectivity index (χ3n) is 3.41. The molecule has 0 fully saturated rings. The minimum absolute atomic E-state index is 0.359. The lowest BCUT2D eigenvalue weighted by atomic mass is 9.79. The van der Waals surface area contributed by atoms with Gasteiger partial charge in [0.15, 0.2) is 0 Å². The number of nitrogens with zero attached hydrogens (tertiary/aromatic N) is 2. The molecular formula is C15H17N3O3. The summed E-state index contributed by atoms with van der Waals surface area (Å²) < 4.78 is 0. The molecule has 0 aliphatic heterocycles. The number of carbonyl (C=O) groups is 1. The lowest BCUT2D eigenvalue weighted by molar-refractivity contribution is 0.0960. The Morgan fingerprint density at radius 3 is 2.57 bits per heavy atom.